The van der Waals surface area contributed by atoms with Crippen molar-refractivity contribution in [1.82, 2.24) is 5.32 Å². The lowest BCUT2D eigenvalue weighted by Crippen LogP contribution is -2.32. The van der Waals surface area contributed by atoms with E-state index in [4.69, 9.17) is 4.74 Å². The van der Waals surface area contributed by atoms with Gasteiger partial charge in [0.25, 0.3) is 5.91 Å². The summed E-state index contributed by atoms with van der Waals surface area (Å²) in [6.45, 7) is 13.6. The molecule has 31 heavy (non-hydrogen) atoms. The Hall–Kier alpha value is -1.58. The molecule has 0 bridgehead atoms. The Morgan fingerprint density at radius 2 is 1.06 bits per heavy atom. The van der Waals surface area contributed by atoms with Gasteiger partial charge < -0.3 is 10.1 Å². The Kier molecular flexibility index (Phi) is 19.3. The van der Waals surface area contributed by atoms with Crippen LogP contribution in [-0.4, -0.2) is 24.5 Å². The zero-order valence-corrected chi connectivity index (χ0v) is 20.7. The second-order valence-corrected chi connectivity index (χ2v) is 9.02. The number of unbranched alkanes of at least 4 members (excludes halogenated alkanes) is 15. The first kappa shape index (κ1) is 29.4. The summed E-state index contributed by atoms with van der Waals surface area (Å²) < 4.78 is 5.22. The number of nitrogens with one attached hydrogen (secondary N) is 1. The van der Waals surface area contributed by atoms with Crippen molar-refractivity contribution < 1.29 is 14.3 Å². The van der Waals surface area contributed by atoms with Crippen LogP contribution in [0.4, 0.5) is 0 Å². The lowest BCUT2D eigenvalue weighted by atomic mass is 10.0. The summed E-state index contributed by atoms with van der Waals surface area (Å²) in [6.07, 6.45) is 21.0. The van der Waals surface area contributed by atoms with E-state index in [1.807, 2.05) is 13.8 Å². The van der Waals surface area contributed by atoms with Crippen LogP contribution in [0.2, 0.25) is 0 Å². The maximum absolute atomic E-state index is 12.0. The van der Waals surface area contributed by atoms with Gasteiger partial charge in [0.1, 0.15) is 0 Å². The van der Waals surface area contributed by atoms with E-state index in [2.05, 4.69) is 25.4 Å². The van der Waals surface area contributed by atoms with Crippen molar-refractivity contribution in [2.24, 2.45) is 0 Å². The van der Waals surface area contributed by atoms with Crippen LogP contribution < -0.4 is 5.32 Å². The van der Waals surface area contributed by atoms with E-state index in [9.17, 15) is 9.59 Å². The van der Waals surface area contributed by atoms with Gasteiger partial charge in [-0.1, -0.05) is 116 Å². The van der Waals surface area contributed by atoms with E-state index in [-0.39, 0.29) is 23.1 Å². The van der Waals surface area contributed by atoms with E-state index in [0.29, 0.717) is 6.61 Å². The highest BCUT2D eigenvalue weighted by Gasteiger charge is 2.18. The van der Waals surface area contributed by atoms with E-state index < -0.39 is 5.97 Å². The van der Waals surface area contributed by atoms with Gasteiger partial charge in [0.15, 0.2) is 0 Å². The van der Waals surface area contributed by atoms with Gasteiger partial charge in [-0.2, -0.15) is 0 Å². The molecule has 0 aromatic carbocycles. The van der Waals surface area contributed by atoms with Gasteiger partial charge in [-0.25, -0.2) is 4.79 Å². The summed E-state index contributed by atoms with van der Waals surface area (Å²) in [5.41, 5.74) is 0.111. The smallest absolute Gasteiger partial charge is 0.338 e. The zero-order chi connectivity index (χ0) is 23.3. The number of ether oxygens (including phenoxy) is 1. The number of esters is 1. The molecule has 0 radical (unpaired) electrons. The molecular weight excluding hydrogens is 386 g/mol. The molecule has 4 nitrogen and oxygen atoms in total. The molecule has 0 aliphatic carbocycles. The Morgan fingerprint density at radius 1 is 0.677 bits per heavy atom. The van der Waals surface area contributed by atoms with Crippen molar-refractivity contribution in [3.05, 3.63) is 24.3 Å². The molecule has 1 N–H and O–H groups in total. The molecule has 0 aliphatic rings. The molecule has 0 unspecified atom stereocenters. The van der Waals surface area contributed by atoms with Gasteiger partial charge in [0.2, 0.25) is 0 Å². The van der Waals surface area contributed by atoms with Crippen LogP contribution in [-0.2, 0) is 14.3 Å². The second kappa shape index (κ2) is 20.3. The third kappa shape index (κ3) is 17.8. The second-order valence-electron chi connectivity index (χ2n) is 9.02. The summed E-state index contributed by atoms with van der Waals surface area (Å²) in [6, 6.07) is -0.0156. The lowest BCUT2D eigenvalue weighted by molar-refractivity contribution is -0.139. The lowest BCUT2D eigenvalue weighted by Gasteiger charge is -2.12. The van der Waals surface area contributed by atoms with Crippen LogP contribution in [0.25, 0.3) is 0 Å². The Morgan fingerprint density at radius 3 is 1.45 bits per heavy atom. The van der Waals surface area contributed by atoms with Crippen LogP contribution in [0.5, 0.6) is 0 Å². The number of carbonyl (C=O) groups is 2. The van der Waals surface area contributed by atoms with E-state index >= 15 is 0 Å². The summed E-state index contributed by atoms with van der Waals surface area (Å²) in [5.74, 6) is -0.927. The summed E-state index contributed by atoms with van der Waals surface area (Å²) in [4.78, 5) is 23.8. The largest absolute Gasteiger partial charge is 0.462 e. The fraction of sp³-hybridized carbons (Fsp3) is 0.778. The molecule has 0 saturated carbocycles. The van der Waals surface area contributed by atoms with Gasteiger partial charge in [-0.15, -0.1) is 0 Å². The third-order valence-electron chi connectivity index (χ3n) is 5.54. The van der Waals surface area contributed by atoms with E-state index in [1.165, 1.54) is 89.9 Å². The van der Waals surface area contributed by atoms with Gasteiger partial charge in [-0.05, 0) is 20.3 Å². The predicted octanol–water partition coefficient (Wildman–Crippen LogP) is 7.43. The number of carbonyl (C=O) groups excluding carboxylic acids is 2. The number of hydrogen-bond acceptors (Lipinski definition) is 3. The maximum Gasteiger partial charge on any atom is 0.338 e. The van der Waals surface area contributed by atoms with Gasteiger partial charge in [0, 0.05) is 11.6 Å². The van der Waals surface area contributed by atoms with Crippen molar-refractivity contribution in [3.63, 3.8) is 0 Å². The molecule has 0 atom stereocenters. The molecule has 0 saturated heterocycles. The predicted molar refractivity (Wildman–Crippen MR) is 132 cm³/mol. The SMILES string of the molecule is C=C(C(=C)C(=O)OCCCCCCCCCCCCCCCCCC)C(=O)NC(C)C. The Balaban J connectivity index is 3.46. The molecule has 4 heteroatoms. The molecule has 180 valence electrons. The highest BCUT2D eigenvalue weighted by molar-refractivity contribution is 6.08. The first-order valence-corrected chi connectivity index (χ1v) is 12.8. The summed E-state index contributed by atoms with van der Waals surface area (Å²) in [5, 5.41) is 2.70. The molecule has 0 rings (SSSR count). The zero-order valence-electron chi connectivity index (χ0n) is 20.7. The number of hydrogen-bond donors (Lipinski definition) is 1. The van der Waals surface area contributed by atoms with Gasteiger partial charge in [-0.3, -0.25) is 4.79 Å². The van der Waals surface area contributed by atoms with Crippen LogP contribution >= 0.6 is 0 Å². The highest BCUT2D eigenvalue weighted by atomic mass is 16.5. The minimum atomic E-state index is -0.551. The average molecular weight is 436 g/mol. The van der Waals surface area contributed by atoms with E-state index in [0.717, 1.165) is 12.8 Å². The minimum absolute atomic E-state index is 0.0156. The van der Waals surface area contributed by atoms with Crippen molar-refractivity contribution in [2.75, 3.05) is 6.61 Å². The molecule has 0 aromatic heterocycles. The van der Waals surface area contributed by atoms with Gasteiger partial charge >= 0.3 is 5.97 Å². The number of rotatable bonds is 21. The quantitative estimate of drug-likeness (QED) is 0.0882. The van der Waals surface area contributed by atoms with E-state index in [1.54, 1.807) is 0 Å². The summed E-state index contributed by atoms with van der Waals surface area (Å²) in [7, 11) is 0. The normalized spacial score (nSPS) is 10.8. The topological polar surface area (TPSA) is 55.4 Å². The fourth-order valence-electron chi connectivity index (χ4n) is 3.51. The number of amides is 1. The minimum Gasteiger partial charge on any atom is -0.462 e. The average Bonchev–Trinajstić information content (AvgIpc) is 2.74. The van der Waals surface area contributed by atoms with Gasteiger partial charge in [0.05, 0.1) is 12.2 Å². The van der Waals surface area contributed by atoms with Crippen molar-refractivity contribution in [2.45, 2.75) is 130 Å². The Labute approximate surface area is 192 Å². The first-order valence-electron chi connectivity index (χ1n) is 12.8. The van der Waals surface area contributed by atoms with Crippen LogP contribution in [0.1, 0.15) is 124 Å². The molecular formula is C27H49NO3. The Bertz CT molecular complexity index is 511. The fourth-order valence-corrected chi connectivity index (χ4v) is 3.51. The molecule has 0 spiro atoms. The summed E-state index contributed by atoms with van der Waals surface area (Å²) >= 11 is 0. The van der Waals surface area contributed by atoms with Crippen molar-refractivity contribution in [3.8, 4) is 0 Å². The monoisotopic (exact) mass is 435 g/mol. The first-order chi connectivity index (χ1) is 14.9. The molecule has 0 aromatic rings. The highest BCUT2D eigenvalue weighted by Crippen LogP contribution is 2.14. The third-order valence-corrected chi connectivity index (χ3v) is 5.54. The van der Waals surface area contributed by atoms with Crippen molar-refractivity contribution in [1.29, 1.82) is 0 Å². The van der Waals surface area contributed by atoms with Crippen molar-refractivity contribution >= 4 is 11.9 Å². The molecule has 1 amide bonds. The molecule has 0 aliphatic heterocycles. The standard InChI is InChI=1S/C27H49NO3/c1-6-7-8-9-10-11-12-13-14-15-16-17-18-19-20-21-22-31-27(30)25(5)24(4)26(29)28-23(2)3/h23H,4-22H2,1-3H3,(H,28,29). The van der Waals surface area contributed by atoms with Crippen LogP contribution in [0.3, 0.4) is 0 Å². The van der Waals surface area contributed by atoms with Crippen LogP contribution in [0.15, 0.2) is 24.3 Å². The molecule has 0 fully saturated rings. The van der Waals surface area contributed by atoms with Crippen LogP contribution in [0, 0.1) is 0 Å². The maximum atomic E-state index is 12.0. The molecule has 0 heterocycles.